The zero-order chi connectivity index (χ0) is 26.2. The van der Waals surface area contributed by atoms with Crippen molar-refractivity contribution in [2.75, 3.05) is 59.3 Å². The number of hydrogen-bond acceptors (Lipinski definition) is 7. The van der Waals surface area contributed by atoms with E-state index in [0.29, 0.717) is 39.6 Å². The van der Waals surface area contributed by atoms with E-state index in [4.69, 9.17) is 23.7 Å². The molecule has 1 N–H and O–H groups in total. The lowest BCUT2D eigenvalue weighted by Crippen LogP contribution is -2.77. The van der Waals surface area contributed by atoms with Crippen molar-refractivity contribution in [3.8, 4) is 5.75 Å². The van der Waals surface area contributed by atoms with Crippen LogP contribution in [0.5, 0.6) is 5.75 Å². The van der Waals surface area contributed by atoms with Gasteiger partial charge in [-0.2, -0.15) is 0 Å². The van der Waals surface area contributed by atoms with Gasteiger partial charge in [0.05, 0.1) is 56.8 Å². The Kier molecular flexibility index (Phi) is 8.05. The van der Waals surface area contributed by atoms with Crippen molar-refractivity contribution in [1.29, 1.82) is 0 Å². The quantitative estimate of drug-likeness (QED) is 0.368. The van der Waals surface area contributed by atoms with Crippen molar-refractivity contribution in [2.45, 2.75) is 94.5 Å². The highest BCUT2D eigenvalue weighted by atomic mass is 16.6. The predicted octanol–water partition coefficient (Wildman–Crippen LogP) is 3.79. The summed E-state index contributed by atoms with van der Waals surface area (Å²) in [6, 6.07) is 4.68. The SMILES string of the molecule is CCCOCCOCCOCCOC1CC[C@@]2(O)[C@H]3Cc4ccc(C)c5c4[C@@]2(CCN3CC2CCC2)[C@H]1O5. The summed E-state index contributed by atoms with van der Waals surface area (Å²) in [4.78, 5) is 2.64. The number of likely N-dealkylation sites (tertiary alicyclic amines) is 1. The molecule has 7 heteroatoms. The molecule has 1 aromatic carbocycles. The van der Waals surface area contributed by atoms with Crippen LogP contribution in [0.15, 0.2) is 12.1 Å². The Bertz CT molecular complexity index is 968. The molecule has 5 aliphatic rings. The maximum Gasteiger partial charge on any atom is 0.137 e. The van der Waals surface area contributed by atoms with Gasteiger partial charge >= 0.3 is 0 Å². The third-order valence-electron chi connectivity index (χ3n) is 10.1. The van der Waals surface area contributed by atoms with Gasteiger partial charge < -0.3 is 28.8 Å². The number of ether oxygens (including phenoxy) is 5. The van der Waals surface area contributed by atoms with Crippen molar-refractivity contribution in [1.82, 2.24) is 4.90 Å². The third-order valence-corrected chi connectivity index (χ3v) is 10.1. The fraction of sp³-hybridized carbons (Fsp3) is 0.806. The van der Waals surface area contributed by atoms with E-state index < -0.39 is 5.60 Å². The van der Waals surface area contributed by atoms with Gasteiger partial charge in [-0.25, -0.2) is 0 Å². The fourth-order valence-corrected chi connectivity index (χ4v) is 8.07. The zero-order valence-electron chi connectivity index (χ0n) is 23.4. The number of benzene rings is 1. The minimum atomic E-state index is -0.764. The molecule has 0 radical (unpaired) electrons. The molecule has 1 spiro atoms. The molecule has 212 valence electrons. The van der Waals surface area contributed by atoms with E-state index in [1.165, 1.54) is 36.0 Å². The smallest absolute Gasteiger partial charge is 0.137 e. The summed E-state index contributed by atoms with van der Waals surface area (Å²) in [5.41, 5.74) is 2.71. The largest absolute Gasteiger partial charge is 0.486 e. The minimum absolute atomic E-state index is 0.0394. The minimum Gasteiger partial charge on any atom is -0.486 e. The number of rotatable bonds is 14. The van der Waals surface area contributed by atoms with Gasteiger partial charge in [-0.05, 0) is 75.5 Å². The van der Waals surface area contributed by atoms with Gasteiger partial charge in [-0.15, -0.1) is 0 Å². The fourth-order valence-electron chi connectivity index (χ4n) is 8.07. The Morgan fingerprint density at radius 3 is 2.42 bits per heavy atom. The van der Waals surface area contributed by atoms with E-state index in [9.17, 15) is 5.11 Å². The van der Waals surface area contributed by atoms with Gasteiger partial charge in [0.1, 0.15) is 11.9 Å². The Hall–Kier alpha value is -1.22. The standard InChI is InChI=1S/C31H47NO6/c1-3-13-34-14-15-35-16-17-36-18-19-37-25-9-10-31(33)26-20-24-8-7-22(2)28-27(24)30(31,29(25)38-28)11-12-32(26)21-23-5-4-6-23/h7-8,23,25-26,29,33H,3-6,9-21H2,1-2H3/t25?,26-,29+,30+,31-/m1/s1. The van der Waals surface area contributed by atoms with E-state index in [1.807, 2.05) is 0 Å². The molecule has 2 saturated carbocycles. The van der Waals surface area contributed by atoms with Crippen LogP contribution in [0.2, 0.25) is 0 Å². The second-order valence-electron chi connectivity index (χ2n) is 12.2. The molecule has 7 nitrogen and oxygen atoms in total. The molecule has 5 atom stereocenters. The van der Waals surface area contributed by atoms with Crippen LogP contribution in [0.25, 0.3) is 0 Å². The first-order valence-electron chi connectivity index (χ1n) is 15.2. The van der Waals surface area contributed by atoms with E-state index in [2.05, 4.69) is 30.9 Å². The molecule has 0 amide bonds. The molecule has 6 rings (SSSR count). The number of aliphatic hydroxyl groups is 1. The molecule has 3 aliphatic carbocycles. The van der Waals surface area contributed by atoms with E-state index >= 15 is 0 Å². The normalized spacial score (nSPS) is 33.6. The monoisotopic (exact) mass is 529 g/mol. The molecule has 1 unspecified atom stereocenters. The van der Waals surface area contributed by atoms with Crippen molar-refractivity contribution in [2.24, 2.45) is 5.92 Å². The maximum absolute atomic E-state index is 12.6. The highest BCUT2D eigenvalue weighted by molar-refractivity contribution is 5.60. The number of nitrogens with zero attached hydrogens (tertiary/aromatic N) is 1. The van der Waals surface area contributed by atoms with Crippen LogP contribution in [-0.2, 0) is 30.8 Å². The number of hydrogen-bond donors (Lipinski definition) is 1. The summed E-state index contributed by atoms with van der Waals surface area (Å²) < 4.78 is 30.0. The van der Waals surface area contributed by atoms with Crippen LogP contribution in [0.1, 0.15) is 68.6 Å². The van der Waals surface area contributed by atoms with Crippen molar-refractivity contribution in [3.05, 3.63) is 28.8 Å². The van der Waals surface area contributed by atoms with Crippen molar-refractivity contribution in [3.63, 3.8) is 0 Å². The molecule has 3 fully saturated rings. The van der Waals surface area contributed by atoms with Crippen LogP contribution in [0.4, 0.5) is 0 Å². The molecule has 2 aliphatic heterocycles. The summed E-state index contributed by atoms with van der Waals surface area (Å²) in [6.45, 7) is 10.6. The van der Waals surface area contributed by atoms with Gasteiger partial charge in [0.25, 0.3) is 0 Å². The lowest BCUT2D eigenvalue weighted by atomic mass is 9.48. The topological polar surface area (TPSA) is 69.6 Å². The molecule has 1 aromatic rings. The second kappa shape index (κ2) is 11.3. The molecule has 2 bridgehead atoms. The van der Waals surface area contributed by atoms with Crippen LogP contribution in [-0.4, -0.2) is 93.2 Å². The van der Waals surface area contributed by atoms with Gasteiger partial charge in [0.15, 0.2) is 0 Å². The van der Waals surface area contributed by atoms with Gasteiger partial charge in [0, 0.05) is 24.8 Å². The van der Waals surface area contributed by atoms with Crippen LogP contribution >= 0.6 is 0 Å². The molecule has 1 saturated heterocycles. The average molecular weight is 530 g/mol. The Balaban J connectivity index is 1.10. The lowest BCUT2D eigenvalue weighted by Gasteiger charge is -2.64. The predicted molar refractivity (Wildman–Crippen MR) is 145 cm³/mol. The van der Waals surface area contributed by atoms with Gasteiger partial charge in [-0.1, -0.05) is 25.5 Å². The number of aryl methyl sites for hydroxylation is 1. The highest BCUT2D eigenvalue weighted by Crippen LogP contribution is 2.65. The first kappa shape index (κ1) is 27.0. The van der Waals surface area contributed by atoms with Gasteiger partial charge in [0.2, 0.25) is 0 Å². The Labute approximate surface area is 228 Å². The zero-order valence-corrected chi connectivity index (χ0v) is 23.4. The van der Waals surface area contributed by atoms with E-state index in [0.717, 1.165) is 63.5 Å². The number of piperidine rings is 1. The molecule has 38 heavy (non-hydrogen) atoms. The van der Waals surface area contributed by atoms with Gasteiger partial charge in [-0.3, -0.25) is 4.90 Å². The summed E-state index contributed by atoms with van der Waals surface area (Å²) in [5.74, 6) is 1.82. The Morgan fingerprint density at radius 2 is 1.71 bits per heavy atom. The Morgan fingerprint density at radius 1 is 0.974 bits per heavy atom. The van der Waals surface area contributed by atoms with Crippen molar-refractivity contribution >= 4 is 0 Å². The molecule has 0 aromatic heterocycles. The van der Waals surface area contributed by atoms with Crippen LogP contribution in [0, 0.1) is 12.8 Å². The first-order chi connectivity index (χ1) is 18.6. The van der Waals surface area contributed by atoms with E-state index in [1.54, 1.807) is 0 Å². The third kappa shape index (κ3) is 4.51. The van der Waals surface area contributed by atoms with Crippen molar-refractivity contribution < 1.29 is 28.8 Å². The summed E-state index contributed by atoms with van der Waals surface area (Å²) in [5, 5.41) is 12.6. The van der Waals surface area contributed by atoms with Crippen LogP contribution < -0.4 is 4.74 Å². The molecular formula is C31H47NO6. The summed E-state index contributed by atoms with van der Waals surface area (Å²) >= 11 is 0. The second-order valence-corrected chi connectivity index (χ2v) is 12.2. The van der Waals surface area contributed by atoms with E-state index in [-0.39, 0.29) is 23.7 Å². The van der Waals surface area contributed by atoms with Crippen LogP contribution in [0.3, 0.4) is 0 Å². The highest BCUT2D eigenvalue weighted by Gasteiger charge is 2.73. The molecule has 2 heterocycles. The first-order valence-corrected chi connectivity index (χ1v) is 15.2. The maximum atomic E-state index is 12.6. The lowest BCUT2D eigenvalue weighted by molar-refractivity contribution is -0.218. The average Bonchev–Trinajstić information content (AvgIpc) is 3.24. The molecular weight excluding hydrogens is 482 g/mol. The summed E-state index contributed by atoms with van der Waals surface area (Å²) in [7, 11) is 0. The summed E-state index contributed by atoms with van der Waals surface area (Å²) in [6.07, 6.45) is 8.35.